The SMILES string of the molecule is NC1(CNC(=O)c2cnccn2)CCCCC1. The van der Waals surface area contributed by atoms with Crippen LogP contribution in [-0.4, -0.2) is 28.0 Å². The second-order valence-corrected chi connectivity index (χ2v) is 4.70. The van der Waals surface area contributed by atoms with Crippen molar-refractivity contribution in [3.63, 3.8) is 0 Å². The molecule has 2 rings (SSSR count). The Morgan fingerprint density at radius 2 is 2.12 bits per heavy atom. The Kier molecular flexibility index (Phi) is 3.68. The molecule has 1 fully saturated rings. The third-order valence-corrected chi connectivity index (χ3v) is 3.25. The molecule has 0 aliphatic heterocycles. The average Bonchev–Trinajstić information content (AvgIpc) is 2.38. The van der Waals surface area contributed by atoms with Crippen LogP contribution in [0, 0.1) is 0 Å². The molecule has 1 aliphatic rings. The first kappa shape index (κ1) is 12.0. The smallest absolute Gasteiger partial charge is 0.271 e. The van der Waals surface area contributed by atoms with Gasteiger partial charge in [-0.3, -0.25) is 9.78 Å². The number of nitrogens with one attached hydrogen (secondary N) is 1. The summed E-state index contributed by atoms with van der Waals surface area (Å²) in [4.78, 5) is 19.6. The fourth-order valence-corrected chi connectivity index (χ4v) is 2.20. The molecule has 1 heterocycles. The van der Waals surface area contributed by atoms with Gasteiger partial charge in [0.2, 0.25) is 0 Å². The normalized spacial score (nSPS) is 18.6. The molecule has 92 valence electrons. The van der Waals surface area contributed by atoms with Crippen LogP contribution in [0.25, 0.3) is 0 Å². The van der Waals surface area contributed by atoms with Gasteiger partial charge in [-0.05, 0) is 12.8 Å². The number of aromatic nitrogens is 2. The number of nitrogens with zero attached hydrogens (tertiary/aromatic N) is 2. The Morgan fingerprint density at radius 3 is 2.76 bits per heavy atom. The summed E-state index contributed by atoms with van der Waals surface area (Å²) >= 11 is 0. The van der Waals surface area contributed by atoms with Crippen molar-refractivity contribution < 1.29 is 4.79 Å². The summed E-state index contributed by atoms with van der Waals surface area (Å²) in [6.07, 6.45) is 10.0. The van der Waals surface area contributed by atoms with Crippen LogP contribution in [0.15, 0.2) is 18.6 Å². The van der Waals surface area contributed by atoms with Crippen molar-refractivity contribution in [3.05, 3.63) is 24.3 Å². The molecule has 5 nitrogen and oxygen atoms in total. The molecule has 0 spiro atoms. The lowest BCUT2D eigenvalue weighted by Crippen LogP contribution is -2.51. The van der Waals surface area contributed by atoms with Crippen LogP contribution in [0.5, 0.6) is 0 Å². The van der Waals surface area contributed by atoms with E-state index in [1.54, 1.807) is 6.20 Å². The second kappa shape index (κ2) is 5.23. The van der Waals surface area contributed by atoms with Crippen molar-refractivity contribution in [2.45, 2.75) is 37.6 Å². The van der Waals surface area contributed by atoms with Crippen LogP contribution >= 0.6 is 0 Å². The first-order valence-electron chi connectivity index (χ1n) is 6.03. The Morgan fingerprint density at radius 1 is 1.35 bits per heavy atom. The summed E-state index contributed by atoms with van der Waals surface area (Å²) < 4.78 is 0. The highest BCUT2D eigenvalue weighted by molar-refractivity contribution is 5.91. The molecule has 1 aromatic heterocycles. The number of carbonyl (C=O) groups is 1. The highest BCUT2D eigenvalue weighted by Gasteiger charge is 2.27. The molecule has 0 unspecified atom stereocenters. The van der Waals surface area contributed by atoms with Crippen LogP contribution in [0.1, 0.15) is 42.6 Å². The summed E-state index contributed by atoms with van der Waals surface area (Å²) in [6, 6.07) is 0. The van der Waals surface area contributed by atoms with Gasteiger partial charge in [0, 0.05) is 24.5 Å². The molecule has 0 radical (unpaired) electrons. The van der Waals surface area contributed by atoms with Crippen molar-refractivity contribution in [1.82, 2.24) is 15.3 Å². The average molecular weight is 234 g/mol. The fraction of sp³-hybridized carbons (Fsp3) is 0.583. The van der Waals surface area contributed by atoms with Gasteiger partial charge in [-0.2, -0.15) is 0 Å². The van der Waals surface area contributed by atoms with Crippen molar-refractivity contribution in [3.8, 4) is 0 Å². The third-order valence-electron chi connectivity index (χ3n) is 3.25. The molecule has 0 saturated heterocycles. The quantitative estimate of drug-likeness (QED) is 0.813. The van der Waals surface area contributed by atoms with E-state index in [1.807, 2.05) is 0 Å². The zero-order valence-corrected chi connectivity index (χ0v) is 9.85. The second-order valence-electron chi connectivity index (χ2n) is 4.70. The lowest BCUT2D eigenvalue weighted by atomic mass is 9.82. The topological polar surface area (TPSA) is 80.9 Å². The standard InChI is InChI=1S/C12H18N4O/c13-12(4-2-1-3-5-12)9-16-11(17)10-8-14-6-7-15-10/h6-8H,1-5,9,13H2,(H,16,17). The molecule has 3 N–H and O–H groups in total. The molecule has 0 atom stereocenters. The van der Waals surface area contributed by atoms with E-state index >= 15 is 0 Å². The molecular weight excluding hydrogens is 216 g/mol. The zero-order valence-electron chi connectivity index (χ0n) is 9.85. The van der Waals surface area contributed by atoms with E-state index in [4.69, 9.17) is 5.73 Å². The molecule has 5 heteroatoms. The molecule has 1 aromatic rings. The van der Waals surface area contributed by atoms with E-state index in [-0.39, 0.29) is 11.4 Å². The van der Waals surface area contributed by atoms with Crippen LogP contribution in [0.4, 0.5) is 0 Å². The zero-order chi connectivity index (χ0) is 12.1. The maximum absolute atomic E-state index is 11.8. The fourth-order valence-electron chi connectivity index (χ4n) is 2.20. The Hall–Kier alpha value is -1.49. The molecule has 17 heavy (non-hydrogen) atoms. The van der Waals surface area contributed by atoms with Crippen molar-refractivity contribution in [2.24, 2.45) is 5.73 Å². The van der Waals surface area contributed by atoms with Crippen molar-refractivity contribution in [1.29, 1.82) is 0 Å². The predicted molar refractivity (Wildman–Crippen MR) is 64.4 cm³/mol. The Balaban J connectivity index is 1.87. The summed E-state index contributed by atoms with van der Waals surface area (Å²) in [5.74, 6) is -0.200. The number of nitrogens with two attached hydrogens (primary N) is 1. The van der Waals surface area contributed by atoms with Gasteiger partial charge in [-0.25, -0.2) is 4.98 Å². The van der Waals surface area contributed by atoms with E-state index in [1.165, 1.54) is 18.8 Å². The third kappa shape index (κ3) is 3.23. The van der Waals surface area contributed by atoms with Crippen LogP contribution in [0.2, 0.25) is 0 Å². The molecule has 0 bridgehead atoms. The lowest BCUT2D eigenvalue weighted by molar-refractivity contribution is 0.0932. The van der Waals surface area contributed by atoms with Gasteiger partial charge in [-0.1, -0.05) is 19.3 Å². The number of hydrogen-bond acceptors (Lipinski definition) is 4. The minimum absolute atomic E-state index is 0.200. The highest BCUT2D eigenvalue weighted by atomic mass is 16.1. The highest BCUT2D eigenvalue weighted by Crippen LogP contribution is 2.25. The Bertz CT molecular complexity index is 373. The van der Waals surface area contributed by atoms with Gasteiger partial charge >= 0.3 is 0 Å². The maximum atomic E-state index is 11.8. The van der Waals surface area contributed by atoms with Gasteiger partial charge in [-0.15, -0.1) is 0 Å². The number of rotatable bonds is 3. The first-order chi connectivity index (χ1) is 8.20. The van der Waals surface area contributed by atoms with Crippen molar-refractivity contribution in [2.75, 3.05) is 6.54 Å². The summed E-state index contributed by atoms with van der Waals surface area (Å²) in [5, 5.41) is 2.84. The van der Waals surface area contributed by atoms with Crippen LogP contribution in [0.3, 0.4) is 0 Å². The molecular formula is C12H18N4O. The van der Waals surface area contributed by atoms with E-state index < -0.39 is 0 Å². The first-order valence-corrected chi connectivity index (χ1v) is 6.03. The number of carbonyl (C=O) groups excluding carboxylic acids is 1. The summed E-state index contributed by atoms with van der Waals surface area (Å²) in [6.45, 7) is 0.516. The lowest BCUT2D eigenvalue weighted by Gasteiger charge is -2.33. The van der Waals surface area contributed by atoms with Gasteiger partial charge in [0.05, 0.1) is 6.20 Å². The molecule has 1 saturated carbocycles. The molecule has 1 amide bonds. The number of amides is 1. The molecule has 1 aliphatic carbocycles. The van der Waals surface area contributed by atoms with Gasteiger partial charge in [0.25, 0.3) is 5.91 Å². The van der Waals surface area contributed by atoms with E-state index in [2.05, 4.69) is 15.3 Å². The van der Waals surface area contributed by atoms with Crippen LogP contribution in [-0.2, 0) is 0 Å². The largest absolute Gasteiger partial charge is 0.349 e. The Labute approximate surface area is 101 Å². The van der Waals surface area contributed by atoms with Gasteiger partial charge in [0.1, 0.15) is 5.69 Å². The monoisotopic (exact) mass is 234 g/mol. The van der Waals surface area contributed by atoms with Gasteiger partial charge in [0.15, 0.2) is 0 Å². The minimum atomic E-state index is -0.240. The summed E-state index contributed by atoms with van der Waals surface area (Å²) in [7, 11) is 0. The predicted octanol–water partition coefficient (Wildman–Crippen LogP) is 0.868. The van der Waals surface area contributed by atoms with Crippen molar-refractivity contribution >= 4 is 5.91 Å². The van der Waals surface area contributed by atoms with E-state index in [9.17, 15) is 4.79 Å². The number of hydrogen-bond donors (Lipinski definition) is 2. The minimum Gasteiger partial charge on any atom is -0.349 e. The van der Waals surface area contributed by atoms with E-state index in [0.29, 0.717) is 12.2 Å². The van der Waals surface area contributed by atoms with Crippen LogP contribution < -0.4 is 11.1 Å². The summed E-state index contributed by atoms with van der Waals surface area (Å²) in [5.41, 5.74) is 6.33. The molecule has 0 aromatic carbocycles. The van der Waals surface area contributed by atoms with E-state index in [0.717, 1.165) is 25.7 Å². The maximum Gasteiger partial charge on any atom is 0.271 e. The van der Waals surface area contributed by atoms with Gasteiger partial charge < -0.3 is 11.1 Å².